The van der Waals surface area contributed by atoms with E-state index >= 15 is 0 Å². The third-order valence-electron chi connectivity index (χ3n) is 5.96. The van der Waals surface area contributed by atoms with E-state index in [2.05, 4.69) is 9.98 Å². The van der Waals surface area contributed by atoms with Gasteiger partial charge in [0.05, 0.1) is 16.8 Å². The van der Waals surface area contributed by atoms with E-state index in [0.717, 1.165) is 0 Å². The van der Waals surface area contributed by atoms with E-state index in [1.807, 2.05) is 0 Å². The Labute approximate surface area is 191 Å². The lowest BCUT2D eigenvalue weighted by Crippen LogP contribution is -2.61. The first kappa shape index (κ1) is 22.0. The van der Waals surface area contributed by atoms with Crippen LogP contribution in [0.15, 0.2) is 41.4 Å². The number of aromatic hydroxyl groups is 1. The topological polar surface area (TPSA) is 182 Å². The number of para-hydroxylation sites is 1. The van der Waals surface area contributed by atoms with E-state index < -0.39 is 36.7 Å². The van der Waals surface area contributed by atoms with E-state index in [-0.39, 0.29) is 28.7 Å². The summed E-state index contributed by atoms with van der Waals surface area (Å²) in [4.78, 5) is 31.3. The molecular weight excluding hydrogens is 448 g/mol. The van der Waals surface area contributed by atoms with E-state index in [0.29, 0.717) is 27.7 Å². The Balaban J connectivity index is 1.50. The van der Waals surface area contributed by atoms with Crippen molar-refractivity contribution in [1.82, 2.24) is 4.98 Å². The minimum absolute atomic E-state index is 0.0884. The average Bonchev–Trinajstić information content (AvgIpc) is 3.29. The predicted octanol–water partition coefficient (Wildman–Crippen LogP) is 0.770. The summed E-state index contributed by atoms with van der Waals surface area (Å²) in [5.41, 5.74) is 2.12. The maximum atomic E-state index is 12.9. The number of carboxylic acid groups (broad SMARTS) is 1. The number of aliphatic hydroxyl groups is 3. The van der Waals surface area contributed by atoms with Crippen LogP contribution in [0.4, 0.5) is 5.69 Å². The maximum Gasteiger partial charge on any atom is 0.335 e. The molecule has 2 aromatic carbocycles. The predicted molar refractivity (Wildman–Crippen MR) is 117 cm³/mol. The summed E-state index contributed by atoms with van der Waals surface area (Å²) in [5, 5.41) is 50.4. The number of H-pyrrole nitrogens is 1. The summed E-state index contributed by atoms with van der Waals surface area (Å²) in [7, 11) is 0. The van der Waals surface area contributed by atoms with E-state index in [1.54, 1.807) is 37.3 Å². The first-order valence-electron chi connectivity index (χ1n) is 10.3. The molecule has 5 rings (SSSR count). The fourth-order valence-corrected chi connectivity index (χ4v) is 4.19. The molecule has 11 nitrogen and oxygen atoms in total. The number of hydrogen-bond donors (Lipinski definition) is 6. The maximum absolute atomic E-state index is 12.9. The molecule has 34 heavy (non-hydrogen) atoms. The molecular formula is C23H20N2O9. The van der Waals surface area contributed by atoms with Crippen molar-refractivity contribution >= 4 is 34.1 Å². The zero-order valence-corrected chi connectivity index (χ0v) is 17.7. The van der Waals surface area contributed by atoms with Gasteiger partial charge in [-0.15, -0.1) is 0 Å². The highest BCUT2D eigenvalue weighted by molar-refractivity contribution is 6.56. The second-order valence-corrected chi connectivity index (χ2v) is 8.17. The van der Waals surface area contributed by atoms with Gasteiger partial charge in [0.15, 0.2) is 12.0 Å². The Kier molecular flexibility index (Phi) is 5.14. The van der Waals surface area contributed by atoms with Crippen LogP contribution in [-0.2, 0) is 9.53 Å². The number of carboxylic acids is 1. The Morgan fingerprint density at radius 1 is 1.12 bits per heavy atom. The number of aliphatic hydroxyl groups excluding tert-OH is 3. The normalized spacial score (nSPS) is 26.4. The van der Waals surface area contributed by atoms with Crippen LogP contribution in [0.3, 0.4) is 0 Å². The second-order valence-electron chi connectivity index (χ2n) is 8.17. The van der Waals surface area contributed by atoms with Gasteiger partial charge in [0, 0.05) is 17.0 Å². The van der Waals surface area contributed by atoms with Gasteiger partial charge in [0.1, 0.15) is 29.8 Å². The fourth-order valence-electron chi connectivity index (χ4n) is 4.19. The van der Waals surface area contributed by atoms with Gasteiger partial charge >= 0.3 is 5.97 Å². The molecule has 176 valence electrons. The van der Waals surface area contributed by atoms with Crippen LogP contribution in [0.25, 0.3) is 10.9 Å². The standard InChI is InChI=1S/C23H20N2O9/c1-8-6-10-12(7-13(8)33-23-19(29)17(27)18(28)20(34-23)22(31)32)25-21(30)14(10)15-16(26)9-4-2-3-5-11(9)24-15/h2-7,17-20,23,25,27-30H,1H3,(H,31,32)/t17-,18-,19+,20-,23?/m0/s1. The summed E-state index contributed by atoms with van der Waals surface area (Å²) in [5.74, 6) is -1.97. The summed E-state index contributed by atoms with van der Waals surface area (Å²) < 4.78 is 10.8. The summed E-state index contributed by atoms with van der Waals surface area (Å²) >= 11 is 0. The highest BCUT2D eigenvalue weighted by atomic mass is 16.7. The van der Waals surface area contributed by atoms with Crippen molar-refractivity contribution in [3.8, 4) is 11.6 Å². The zero-order valence-electron chi connectivity index (χ0n) is 17.7. The smallest absolute Gasteiger partial charge is 0.335 e. The number of carbonyl (C=O) groups is 2. The van der Waals surface area contributed by atoms with Crippen LogP contribution in [-0.4, -0.2) is 78.7 Å². The molecule has 11 heteroatoms. The molecule has 0 saturated carbocycles. The minimum Gasteiger partial charge on any atom is -0.494 e. The number of aliphatic carboxylic acids is 1. The van der Waals surface area contributed by atoms with Crippen LogP contribution in [0, 0.1) is 6.92 Å². The Bertz CT molecular complexity index is 1360. The number of ketones is 1. The molecule has 1 fully saturated rings. The van der Waals surface area contributed by atoms with Crippen LogP contribution in [0.5, 0.6) is 11.6 Å². The van der Waals surface area contributed by atoms with Crippen LogP contribution < -0.4 is 4.74 Å². The number of aliphatic imine (C=N–C) groups is 1. The molecule has 1 saturated heterocycles. The van der Waals surface area contributed by atoms with E-state index in [1.165, 1.54) is 6.07 Å². The quantitative estimate of drug-likeness (QED) is 0.322. The van der Waals surface area contributed by atoms with Gasteiger partial charge in [-0.2, -0.15) is 0 Å². The zero-order chi connectivity index (χ0) is 24.3. The first-order valence-corrected chi connectivity index (χ1v) is 10.3. The summed E-state index contributed by atoms with van der Waals surface area (Å²) in [6, 6.07) is 9.95. The summed E-state index contributed by atoms with van der Waals surface area (Å²) in [6.07, 6.45) is -8.77. The molecule has 2 aliphatic heterocycles. The molecule has 0 aliphatic carbocycles. The largest absolute Gasteiger partial charge is 0.494 e. The third kappa shape index (κ3) is 3.33. The Morgan fingerprint density at radius 2 is 1.85 bits per heavy atom. The minimum atomic E-state index is -1.84. The van der Waals surface area contributed by atoms with Crippen molar-refractivity contribution in [3.05, 3.63) is 53.1 Å². The SMILES string of the molecule is Cc1cc2c(C3=Nc4ccccc4C3=O)c(O)[nH]c2cc1OC1O[C@H](C(=O)O)[C@@H](O)[C@H](O)[C@H]1O. The van der Waals surface area contributed by atoms with Crippen LogP contribution >= 0.6 is 0 Å². The number of fused-ring (bicyclic) bond motifs is 2. The van der Waals surface area contributed by atoms with Gasteiger partial charge in [-0.25, -0.2) is 9.79 Å². The van der Waals surface area contributed by atoms with Gasteiger partial charge in [0.25, 0.3) is 0 Å². The molecule has 0 spiro atoms. The number of benzene rings is 2. The van der Waals surface area contributed by atoms with Crippen molar-refractivity contribution in [2.24, 2.45) is 4.99 Å². The monoisotopic (exact) mass is 468 g/mol. The number of nitrogens with zero attached hydrogens (tertiary/aromatic N) is 1. The van der Waals surface area contributed by atoms with Gasteiger partial charge < -0.3 is 40.0 Å². The fraction of sp³-hybridized carbons (Fsp3) is 0.261. The highest BCUT2D eigenvalue weighted by Crippen LogP contribution is 2.38. The van der Waals surface area contributed by atoms with Gasteiger partial charge in [-0.1, -0.05) is 12.1 Å². The van der Waals surface area contributed by atoms with Crippen molar-refractivity contribution in [3.63, 3.8) is 0 Å². The average molecular weight is 468 g/mol. The van der Waals surface area contributed by atoms with Crippen LogP contribution in [0.1, 0.15) is 21.5 Å². The second kappa shape index (κ2) is 7.92. The number of aryl methyl sites for hydroxylation is 1. The molecule has 3 heterocycles. The number of aromatic nitrogens is 1. The first-order chi connectivity index (χ1) is 16.2. The van der Waals surface area contributed by atoms with Crippen molar-refractivity contribution < 1.29 is 44.6 Å². The number of ether oxygens (including phenoxy) is 2. The van der Waals surface area contributed by atoms with Crippen molar-refractivity contribution in [2.75, 3.05) is 0 Å². The molecule has 1 aromatic heterocycles. The van der Waals surface area contributed by atoms with Crippen molar-refractivity contribution in [1.29, 1.82) is 0 Å². The van der Waals surface area contributed by atoms with E-state index in [9.17, 15) is 35.1 Å². The summed E-state index contributed by atoms with van der Waals surface area (Å²) in [6.45, 7) is 1.66. The van der Waals surface area contributed by atoms with Crippen LogP contribution in [0.2, 0.25) is 0 Å². The molecule has 6 N–H and O–H groups in total. The highest BCUT2D eigenvalue weighted by Gasteiger charge is 2.48. The number of rotatable bonds is 4. The third-order valence-corrected chi connectivity index (χ3v) is 5.96. The lowest BCUT2D eigenvalue weighted by molar-refractivity contribution is -0.271. The molecule has 3 aromatic rings. The Morgan fingerprint density at radius 3 is 2.56 bits per heavy atom. The van der Waals surface area contributed by atoms with Crippen molar-refractivity contribution in [2.45, 2.75) is 37.6 Å². The lowest BCUT2D eigenvalue weighted by Gasteiger charge is -2.38. The van der Waals surface area contributed by atoms with Gasteiger partial charge in [-0.3, -0.25) is 4.79 Å². The number of Topliss-reactive ketones (excluding diaryl/α,β-unsaturated/α-hetero) is 1. The molecule has 2 aliphatic rings. The molecule has 1 unspecified atom stereocenters. The van der Waals surface area contributed by atoms with E-state index in [4.69, 9.17) is 9.47 Å². The molecule has 0 amide bonds. The molecule has 0 radical (unpaired) electrons. The number of aromatic amines is 1. The Hall–Kier alpha value is -3.77. The van der Waals surface area contributed by atoms with Gasteiger partial charge in [-0.05, 0) is 30.7 Å². The van der Waals surface area contributed by atoms with Gasteiger partial charge in [0.2, 0.25) is 12.1 Å². The number of carbonyl (C=O) groups excluding carboxylic acids is 1. The number of hydrogen-bond acceptors (Lipinski definition) is 9. The molecule has 5 atom stereocenters. The number of nitrogens with one attached hydrogen (secondary N) is 1. The lowest BCUT2D eigenvalue weighted by atomic mass is 9.99. The molecule has 0 bridgehead atoms.